The molecular formula is C24H30N4O5S. The van der Waals surface area contributed by atoms with Gasteiger partial charge < -0.3 is 5.32 Å². The highest BCUT2D eigenvalue weighted by molar-refractivity contribution is 7.89. The Hall–Kier alpha value is -2.72. The van der Waals surface area contributed by atoms with Gasteiger partial charge in [0.25, 0.3) is 5.56 Å². The molecule has 1 amide bonds. The molecule has 0 bridgehead atoms. The van der Waals surface area contributed by atoms with E-state index in [9.17, 15) is 22.8 Å². The lowest BCUT2D eigenvalue weighted by Gasteiger charge is -2.36. The fourth-order valence-corrected chi connectivity index (χ4v) is 6.15. The molecule has 9 nitrogen and oxygen atoms in total. The van der Waals surface area contributed by atoms with Gasteiger partial charge in [-0.05, 0) is 81.6 Å². The van der Waals surface area contributed by atoms with Crippen LogP contribution < -0.4 is 21.3 Å². The highest BCUT2D eigenvalue weighted by Crippen LogP contribution is 2.37. The molecule has 182 valence electrons. The smallest absolute Gasteiger partial charge is 0.331 e. The van der Waals surface area contributed by atoms with E-state index < -0.39 is 21.1 Å². The van der Waals surface area contributed by atoms with Crippen LogP contribution >= 0.6 is 0 Å². The number of aromatic nitrogens is 2. The van der Waals surface area contributed by atoms with Crippen molar-refractivity contribution in [3.8, 4) is 0 Å². The molecule has 3 fully saturated rings. The van der Waals surface area contributed by atoms with E-state index in [2.05, 4.69) is 16.6 Å². The molecule has 10 heteroatoms. The van der Waals surface area contributed by atoms with Gasteiger partial charge in [-0.2, -0.15) is 0 Å². The van der Waals surface area contributed by atoms with Crippen LogP contribution in [0.5, 0.6) is 0 Å². The first kappa shape index (κ1) is 23.0. The Kier molecular flexibility index (Phi) is 5.55. The van der Waals surface area contributed by atoms with Gasteiger partial charge in [-0.15, -0.1) is 0 Å². The van der Waals surface area contributed by atoms with Crippen molar-refractivity contribution in [2.75, 3.05) is 6.54 Å². The second kappa shape index (κ2) is 8.20. The Morgan fingerprint density at radius 2 is 1.91 bits per heavy atom. The van der Waals surface area contributed by atoms with E-state index in [4.69, 9.17) is 0 Å². The van der Waals surface area contributed by atoms with Crippen LogP contribution in [0.15, 0.2) is 45.3 Å². The van der Waals surface area contributed by atoms with Crippen LogP contribution in [0.3, 0.4) is 0 Å². The van der Waals surface area contributed by atoms with Crippen molar-refractivity contribution in [3.05, 3.63) is 51.7 Å². The van der Waals surface area contributed by atoms with Crippen molar-refractivity contribution < 1.29 is 13.2 Å². The van der Waals surface area contributed by atoms with Crippen molar-refractivity contribution in [2.45, 2.75) is 68.5 Å². The zero-order valence-corrected chi connectivity index (χ0v) is 20.1. The molecule has 34 heavy (non-hydrogen) atoms. The van der Waals surface area contributed by atoms with Crippen LogP contribution in [0.4, 0.5) is 0 Å². The molecule has 2 aromatic rings. The van der Waals surface area contributed by atoms with E-state index in [0.29, 0.717) is 37.4 Å². The summed E-state index contributed by atoms with van der Waals surface area (Å²) in [6.45, 7) is 6.27. The molecule has 5 rings (SSSR count). The molecule has 1 heterocycles. The van der Waals surface area contributed by atoms with E-state index in [1.165, 1.54) is 22.8 Å². The van der Waals surface area contributed by atoms with Crippen molar-refractivity contribution in [3.63, 3.8) is 0 Å². The normalized spacial score (nSPS) is 23.3. The number of carbonyl (C=O) groups is 1. The molecule has 0 saturated heterocycles. The number of nitrogens with zero attached hydrogens (tertiary/aromatic N) is 2. The minimum absolute atomic E-state index is 0.0343. The topological polar surface area (TPSA) is 119 Å². The van der Waals surface area contributed by atoms with E-state index in [-0.39, 0.29) is 33.8 Å². The van der Waals surface area contributed by atoms with Crippen LogP contribution in [0, 0.1) is 11.8 Å². The fourth-order valence-electron chi connectivity index (χ4n) is 4.66. The summed E-state index contributed by atoms with van der Waals surface area (Å²) < 4.78 is 31.5. The maximum atomic E-state index is 13.5. The Bertz CT molecular complexity index is 1390. The van der Waals surface area contributed by atoms with Gasteiger partial charge in [0, 0.05) is 24.7 Å². The van der Waals surface area contributed by atoms with Gasteiger partial charge in [0.05, 0.1) is 15.8 Å². The molecule has 0 radical (unpaired) electrons. The quantitative estimate of drug-likeness (QED) is 0.523. The third-order valence-corrected chi connectivity index (χ3v) is 8.94. The number of amides is 1. The molecule has 0 unspecified atom stereocenters. The molecule has 1 aromatic carbocycles. The summed E-state index contributed by atoms with van der Waals surface area (Å²) in [5.74, 6) is 0.318. The summed E-state index contributed by atoms with van der Waals surface area (Å²) >= 11 is 0. The summed E-state index contributed by atoms with van der Waals surface area (Å²) in [5.41, 5.74) is -0.757. The minimum Gasteiger partial charge on any atom is -0.352 e. The number of hydrogen-bond donors (Lipinski definition) is 2. The van der Waals surface area contributed by atoms with Crippen molar-refractivity contribution in [1.29, 1.82) is 0 Å². The minimum atomic E-state index is -3.78. The molecule has 3 aliphatic rings. The Morgan fingerprint density at radius 3 is 2.53 bits per heavy atom. The average molecular weight is 487 g/mol. The Labute approximate surface area is 197 Å². The summed E-state index contributed by atoms with van der Waals surface area (Å²) in [7, 11) is -3.78. The zero-order valence-electron chi connectivity index (χ0n) is 19.2. The van der Waals surface area contributed by atoms with Crippen molar-refractivity contribution in [1.82, 2.24) is 19.2 Å². The Balaban J connectivity index is 1.52. The number of rotatable bonds is 9. The van der Waals surface area contributed by atoms with E-state index in [1.54, 1.807) is 10.6 Å². The summed E-state index contributed by atoms with van der Waals surface area (Å²) in [5, 5.41) is 3.00. The number of carbonyl (C=O) groups excluding carboxylic acids is 1. The van der Waals surface area contributed by atoms with Crippen LogP contribution in [0.25, 0.3) is 10.9 Å². The second-order valence-corrected chi connectivity index (χ2v) is 12.0. The number of sulfonamides is 1. The summed E-state index contributed by atoms with van der Waals surface area (Å²) in [6.07, 6.45) is 6.05. The largest absolute Gasteiger partial charge is 0.352 e. The maximum Gasteiger partial charge on any atom is 0.331 e. The standard InChI is InChI=1S/C24H30N4O5S/c1-3-21(29)25-13-16-10-17(11-16)28-22(30)19-12-18(34(32,33)26-24(2)8-9-24)6-7-20(19)27(23(28)31)14-15-4-5-15/h3,6-7,12,15-17,26H,1,4-5,8-11,13-14H2,2H3,(H,25,29). The molecule has 2 N–H and O–H groups in total. The SMILES string of the molecule is C=CC(=O)NCC1CC(n2c(=O)c3cc(S(=O)(=O)NC4(C)CC4)ccc3n(CC3CC3)c2=O)C1. The Morgan fingerprint density at radius 1 is 1.21 bits per heavy atom. The third kappa shape index (κ3) is 4.36. The van der Waals surface area contributed by atoms with Gasteiger partial charge in [0.15, 0.2) is 0 Å². The van der Waals surface area contributed by atoms with Gasteiger partial charge >= 0.3 is 5.69 Å². The number of fused-ring (bicyclic) bond motifs is 1. The molecular weight excluding hydrogens is 456 g/mol. The van der Waals surface area contributed by atoms with E-state index >= 15 is 0 Å². The highest BCUT2D eigenvalue weighted by atomic mass is 32.2. The van der Waals surface area contributed by atoms with Crippen molar-refractivity contribution >= 4 is 26.8 Å². The third-order valence-electron chi connectivity index (χ3n) is 7.30. The lowest BCUT2D eigenvalue weighted by molar-refractivity contribution is -0.116. The van der Waals surface area contributed by atoms with Crippen LogP contribution in [0.2, 0.25) is 0 Å². The maximum absolute atomic E-state index is 13.5. The first-order chi connectivity index (χ1) is 16.1. The summed E-state index contributed by atoms with van der Waals surface area (Å²) in [6, 6.07) is 4.20. The van der Waals surface area contributed by atoms with Gasteiger partial charge in [-0.25, -0.2) is 17.9 Å². The predicted octanol–water partition coefficient (Wildman–Crippen LogP) is 1.66. The van der Waals surface area contributed by atoms with Gasteiger partial charge in [0.2, 0.25) is 15.9 Å². The first-order valence-corrected chi connectivity index (χ1v) is 13.3. The monoisotopic (exact) mass is 486 g/mol. The average Bonchev–Trinajstić information content (AvgIpc) is 3.70. The zero-order chi connectivity index (χ0) is 24.3. The fraction of sp³-hybridized carbons (Fsp3) is 0.542. The number of nitrogens with one attached hydrogen (secondary N) is 2. The van der Waals surface area contributed by atoms with E-state index in [0.717, 1.165) is 25.7 Å². The van der Waals surface area contributed by atoms with Gasteiger partial charge in [-0.3, -0.25) is 18.7 Å². The lowest BCUT2D eigenvalue weighted by Crippen LogP contribution is -2.47. The molecule has 0 aliphatic heterocycles. The second-order valence-electron chi connectivity index (χ2n) is 10.3. The van der Waals surface area contributed by atoms with Crippen LogP contribution in [-0.4, -0.2) is 35.5 Å². The molecule has 3 aliphatic carbocycles. The lowest BCUT2D eigenvalue weighted by atomic mass is 9.80. The molecule has 0 atom stereocenters. The van der Waals surface area contributed by atoms with E-state index in [1.807, 2.05) is 6.92 Å². The number of hydrogen-bond acceptors (Lipinski definition) is 5. The number of benzene rings is 1. The predicted molar refractivity (Wildman–Crippen MR) is 128 cm³/mol. The summed E-state index contributed by atoms with van der Waals surface area (Å²) in [4.78, 5) is 38.4. The van der Waals surface area contributed by atoms with Crippen molar-refractivity contribution in [2.24, 2.45) is 11.8 Å². The van der Waals surface area contributed by atoms with Crippen LogP contribution in [0.1, 0.15) is 51.5 Å². The van der Waals surface area contributed by atoms with Gasteiger partial charge in [0.1, 0.15) is 0 Å². The van der Waals surface area contributed by atoms with Gasteiger partial charge in [-0.1, -0.05) is 6.58 Å². The highest BCUT2D eigenvalue weighted by Gasteiger charge is 2.41. The molecule has 0 spiro atoms. The molecule has 3 saturated carbocycles. The first-order valence-electron chi connectivity index (χ1n) is 11.8. The molecule has 1 aromatic heterocycles. The van der Waals surface area contributed by atoms with Crippen LogP contribution in [-0.2, 0) is 21.4 Å².